The third-order valence-corrected chi connectivity index (χ3v) is 2.30. The summed E-state index contributed by atoms with van der Waals surface area (Å²) in [6.45, 7) is 1.86. The summed E-state index contributed by atoms with van der Waals surface area (Å²) < 4.78 is 6.98. The van der Waals surface area contributed by atoms with Crippen LogP contribution in [0.15, 0.2) is 18.2 Å². The van der Waals surface area contributed by atoms with Crippen molar-refractivity contribution in [3.63, 3.8) is 0 Å². The van der Waals surface area contributed by atoms with Gasteiger partial charge in [-0.3, -0.25) is 4.79 Å². The number of rotatable bonds is 2. The second kappa shape index (κ2) is 3.67. The van der Waals surface area contributed by atoms with E-state index < -0.39 is 6.26 Å². The van der Waals surface area contributed by atoms with E-state index >= 15 is 0 Å². The third-order valence-electron chi connectivity index (χ3n) is 1.70. The van der Waals surface area contributed by atoms with Gasteiger partial charge in [-0.15, -0.1) is 0 Å². The molecule has 0 bridgehead atoms. The van der Waals surface area contributed by atoms with E-state index in [4.69, 9.17) is 1.37 Å². The minimum atomic E-state index is -0.615. The van der Waals surface area contributed by atoms with Crippen molar-refractivity contribution in [2.75, 3.05) is 0 Å². The van der Waals surface area contributed by atoms with Crippen molar-refractivity contribution in [3.8, 4) is 0 Å². The highest BCUT2D eigenvalue weighted by atomic mass is 79.9. The zero-order valence-electron chi connectivity index (χ0n) is 7.23. The van der Waals surface area contributed by atoms with Crippen LogP contribution in [0.2, 0.25) is 0 Å². The summed E-state index contributed by atoms with van der Waals surface area (Å²) in [5, 5.41) is 0.722. The lowest BCUT2D eigenvalue weighted by atomic mass is 10.1. The fraction of sp³-hybridized carbons (Fsp3) is 0.222. The predicted octanol–water partition coefficient (Wildman–Crippen LogP) is 2.70. The molecule has 58 valence electrons. The van der Waals surface area contributed by atoms with Crippen molar-refractivity contribution in [3.05, 3.63) is 34.9 Å². The summed E-state index contributed by atoms with van der Waals surface area (Å²) in [5.41, 5.74) is 2.45. The second-order valence-corrected chi connectivity index (χ2v) is 2.89. The number of benzene rings is 1. The van der Waals surface area contributed by atoms with E-state index in [0.717, 1.165) is 16.5 Å². The van der Waals surface area contributed by atoms with Crippen molar-refractivity contribution in [2.24, 2.45) is 0 Å². The van der Waals surface area contributed by atoms with Gasteiger partial charge in [0.05, 0.1) is 0 Å². The van der Waals surface area contributed by atoms with E-state index in [1.165, 1.54) is 0 Å². The number of halogens is 1. The molecule has 0 spiro atoms. The van der Waals surface area contributed by atoms with E-state index in [1.54, 1.807) is 12.1 Å². The minimum absolute atomic E-state index is 0.493. The molecule has 0 N–H and O–H groups in total. The standard InChI is InChI=1S/C9H9BrO/c1-7-8(5-10)3-2-4-9(7)6-11/h2-4,6H,5H2,1H3/i6T. The van der Waals surface area contributed by atoms with E-state index in [-0.39, 0.29) is 0 Å². The summed E-state index contributed by atoms with van der Waals surface area (Å²) in [4.78, 5) is 10.8. The molecule has 0 radical (unpaired) electrons. The Kier molecular flexibility index (Phi) is 2.35. The van der Waals surface area contributed by atoms with Crippen LogP contribution in [0, 0.1) is 6.92 Å². The van der Waals surface area contributed by atoms with Crippen molar-refractivity contribution in [2.45, 2.75) is 12.3 Å². The largest absolute Gasteiger partial charge is 0.298 e. The molecule has 0 aliphatic carbocycles. The number of carbonyl (C=O) groups is 1. The maximum absolute atomic E-state index is 10.8. The summed E-state index contributed by atoms with van der Waals surface area (Å²) >= 11 is 3.32. The average molecular weight is 215 g/mol. The molecule has 0 saturated heterocycles. The van der Waals surface area contributed by atoms with Crippen LogP contribution in [0.25, 0.3) is 0 Å². The van der Waals surface area contributed by atoms with Gasteiger partial charge in [-0.2, -0.15) is 0 Å². The zero-order valence-corrected chi connectivity index (χ0v) is 7.81. The highest BCUT2D eigenvalue weighted by Gasteiger charge is 1.99. The van der Waals surface area contributed by atoms with Gasteiger partial charge in [0.2, 0.25) is 0 Å². The Bertz CT molecular complexity index is 309. The Labute approximate surface area is 76.0 Å². The number of hydrogen-bond acceptors (Lipinski definition) is 1. The monoisotopic (exact) mass is 214 g/mol. The number of alkyl halides is 1. The van der Waals surface area contributed by atoms with Gasteiger partial charge in [-0.05, 0) is 18.1 Å². The first-order chi connectivity index (χ1) is 5.66. The molecule has 1 aromatic rings. The maximum Gasteiger partial charge on any atom is 0.150 e. The molecule has 0 heterocycles. The Balaban J connectivity index is 3.23. The van der Waals surface area contributed by atoms with E-state index in [1.807, 2.05) is 13.0 Å². The first-order valence-electron chi connectivity index (χ1n) is 3.82. The van der Waals surface area contributed by atoms with Gasteiger partial charge in [0.25, 0.3) is 0 Å². The van der Waals surface area contributed by atoms with Crippen molar-refractivity contribution < 1.29 is 6.17 Å². The average Bonchev–Trinajstić information content (AvgIpc) is 2.04. The lowest BCUT2D eigenvalue weighted by molar-refractivity contribution is 0.112. The lowest BCUT2D eigenvalue weighted by Crippen LogP contribution is -1.90. The zero-order chi connectivity index (χ0) is 9.14. The number of aldehydes is 1. The molecular formula is C9H9BrO. The van der Waals surface area contributed by atoms with Crippen LogP contribution in [-0.2, 0) is 5.33 Å². The van der Waals surface area contributed by atoms with E-state index in [9.17, 15) is 4.79 Å². The Hall–Kier alpha value is -0.630. The lowest BCUT2D eigenvalue weighted by Gasteiger charge is -2.02. The van der Waals surface area contributed by atoms with Crippen LogP contribution >= 0.6 is 15.9 Å². The topological polar surface area (TPSA) is 17.1 Å². The summed E-state index contributed by atoms with van der Waals surface area (Å²) in [6, 6.07) is 5.42. The molecule has 2 heteroatoms. The maximum atomic E-state index is 10.8. The molecule has 1 aromatic carbocycles. The van der Waals surface area contributed by atoms with Gasteiger partial charge in [0.1, 0.15) is 7.63 Å². The SMILES string of the molecule is [3H]C(=O)c1cccc(CBr)c1C. The molecule has 0 aromatic heterocycles. The summed E-state index contributed by atoms with van der Waals surface area (Å²) in [6.07, 6.45) is -0.615. The van der Waals surface area contributed by atoms with Crippen LogP contribution in [0.3, 0.4) is 0 Å². The van der Waals surface area contributed by atoms with Gasteiger partial charge in [0, 0.05) is 10.9 Å². The quantitative estimate of drug-likeness (QED) is 0.547. The van der Waals surface area contributed by atoms with Crippen LogP contribution in [0.1, 0.15) is 22.9 Å². The van der Waals surface area contributed by atoms with E-state index in [2.05, 4.69) is 15.9 Å². The van der Waals surface area contributed by atoms with Gasteiger partial charge < -0.3 is 0 Å². The normalized spacial score (nSPS) is 10.9. The van der Waals surface area contributed by atoms with Gasteiger partial charge in [-0.25, -0.2) is 0 Å². The highest BCUT2D eigenvalue weighted by Crippen LogP contribution is 2.14. The van der Waals surface area contributed by atoms with Crippen molar-refractivity contribution in [1.82, 2.24) is 0 Å². The Morgan fingerprint density at radius 1 is 1.73 bits per heavy atom. The van der Waals surface area contributed by atoms with Crippen LogP contribution < -0.4 is 0 Å². The van der Waals surface area contributed by atoms with Gasteiger partial charge in [0.15, 0.2) is 0 Å². The Morgan fingerprint density at radius 2 is 2.45 bits per heavy atom. The molecule has 0 aliphatic heterocycles. The van der Waals surface area contributed by atoms with Crippen molar-refractivity contribution in [1.29, 1.82) is 0 Å². The van der Waals surface area contributed by atoms with E-state index in [0.29, 0.717) is 5.56 Å². The second-order valence-electron chi connectivity index (χ2n) is 2.33. The number of hydrogen-bond donors (Lipinski definition) is 0. The number of carbonyl (C=O) groups excluding carboxylic acids is 1. The van der Waals surface area contributed by atoms with Crippen LogP contribution in [0.4, 0.5) is 0 Å². The van der Waals surface area contributed by atoms with Gasteiger partial charge >= 0.3 is 0 Å². The van der Waals surface area contributed by atoms with Crippen LogP contribution in [-0.4, -0.2) is 6.26 Å². The molecule has 1 nitrogen and oxygen atoms in total. The third kappa shape index (κ3) is 1.69. The molecular weight excluding hydrogens is 204 g/mol. The smallest absolute Gasteiger partial charge is 0.150 e. The first kappa shape index (κ1) is 7.04. The van der Waals surface area contributed by atoms with Gasteiger partial charge in [-0.1, -0.05) is 34.1 Å². The molecule has 0 aliphatic rings. The molecule has 0 saturated carbocycles. The van der Waals surface area contributed by atoms with Crippen LogP contribution in [0.5, 0.6) is 0 Å². The fourth-order valence-electron chi connectivity index (χ4n) is 0.939. The summed E-state index contributed by atoms with van der Waals surface area (Å²) in [5.74, 6) is 0. The molecule has 11 heavy (non-hydrogen) atoms. The molecule has 0 fully saturated rings. The molecule has 0 unspecified atom stereocenters. The first-order valence-corrected chi connectivity index (χ1v) is 4.44. The molecule has 0 atom stereocenters. The predicted molar refractivity (Wildman–Crippen MR) is 49.2 cm³/mol. The fourth-order valence-corrected chi connectivity index (χ4v) is 1.55. The molecule has 0 amide bonds. The summed E-state index contributed by atoms with van der Waals surface area (Å²) in [7, 11) is 0. The van der Waals surface area contributed by atoms with Crippen molar-refractivity contribution >= 4 is 22.2 Å². The highest BCUT2D eigenvalue weighted by molar-refractivity contribution is 9.08. The minimum Gasteiger partial charge on any atom is -0.298 e. The Morgan fingerprint density at radius 3 is 3.00 bits per heavy atom. The molecule has 1 rings (SSSR count).